The number of piperidine rings is 1. The molecule has 1 aromatic carbocycles. The second-order valence-electron chi connectivity index (χ2n) is 5.76. The summed E-state index contributed by atoms with van der Waals surface area (Å²) in [6, 6.07) is 5.86. The maximum Gasteiger partial charge on any atom is 0.339 e. The van der Waals surface area contributed by atoms with Crippen LogP contribution in [0, 0.1) is 13.1 Å². The molecule has 1 aliphatic heterocycles. The average molecular weight is 500 g/mol. The van der Waals surface area contributed by atoms with Gasteiger partial charge in [0.2, 0.25) is 0 Å². The van der Waals surface area contributed by atoms with Crippen molar-refractivity contribution in [1.82, 2.24) is 0 Å². The van der Waals surface area contributed by atoms with E-state index in [0.717, 1.165) is 33.1 Å². The van der Waals surface area contributed by atoms with Crippen LogP contribution >= 0.6 is 45.2 Å². The number of carbonyl (C=O) groups excluding carboxylic acids is 1. The van der Waals surface area contributed by atoms with Gasteiger partial charge < -0.3 is 10.1 Å². The van der Waals surface area contributed by atoms with E-state index in [-0.39, 0.29) is 5.97 Å². The van der Waals surface area contributed by atoms with E-state index in [2.05, 4.69) is 50.5 Å². The van der Waals surface area contributed by atoms with E-state index in [1.807, 2.05) is 32.0 Å². The van der Waals surface area contributed by atoms with Crippen LogP contribution in [0.1, 0.15) is 37.0 Å². The smallest absolute Gasteiger partial charge is 0.339 e. The van der Waals surface area contributed by atoms with Crippen molar-refractivity contribution in [3.8, 4) is 0 Å². The van der Waals surface area contributed by atoms with Crippen molar-refractivity contribution in [3.63, 3.8) is 0 Å². The van der Waals surface area contributed by atoms with Gasteiger partial charge in [-0.25, -0.2) is 4.79 Å². The van der Waals surface area contributed by atoms with E-state index in [1.165, 1.54) is 0 Å². The summed E-state index contributed by atoms with van der Waals surface area (Å²) in [5, 5.41) is 2.33. The molecule has 1 heterocycles. The molecule has 3 nitrogen and oxygen atoms in total. The van der Waals surface area contributed by atoms with Gasteiger partial charge in [0.05, 0.1) is 18.7 Å². The first-order chi connectivity index (χ1) is 9.40. The molecule has 1 aromatic rings. The van der Waals surface area contributed by atoms with Gasteiger partial charge in [0.25, 0.3) is 0 Å². The van der Waals surface area contributed by atoms with Gasteiger partial charge in [-0.05, 0) is 77.2 Å². The first-order valence-electron chi connectivity index (χ1n) is 6.90. The van der Waals surface area contributed by atoms with Crippen molar-refractivity contribution in [2.75, 3.05) is 13.1 Å². The molecular formula is C15H20I2NO2+. The lowest BCUT2D eigenvalue weighted by Gasteiger charge is -2.35. The number of carbonyl (C=O) groups is 1. The summed E-state index contributed by atoms with van der Waals surface area (Å²) >= 11 is 4.41. The highest BCUT2D eigenvalue weighted by Gasteiger charge is 2.35. The third-order valence-corrected chi connectivity index (χ3v) is 5.54. The van der Waals surface area contributed by atoms with Crippen molar-refractivity contribution in [1.29, 1.82) is 0 Å². The van der Waals surface area contributed by atoms with E-state index in [9.17, 15) is 4.79 Å². The fourth-order valence-electron chi connectivity index (χ4n) is 2.65. The van der Waals surface area contributed by atoms with Crippen molar-refractivity contribution in [3.05, 3.63) is 30.9 Å². The molecule has 1 aliphatic rings. The zero-order chi connectivity index (χ0) is 14.8. The van der Waals surface area contributed by atoms with Crippen LogP contribution in [0.4, 0.5) is 0 Å². The molecule has 110 valence electrons. The van der Waals surface area contributed by atoms with Gasteiger partial charge in [0.15, 0.2) is 0 Å². The number of quaternary nitrogens is 1. The van der Waals surface area contributed by atoms with Gasteiger partial charge in [-0.2, -0.15) is 0 Å². The highest BCUT2D eigenvalue weighted by atomic mass is 127. The van der Waals surface area contributed by atoms with E-state index < -0.39 is 5.60 Å². The predicted octanol–water partition coefficient (Wildman–Crippen LogP) is 2.80. The summed E-state index contributed by atoms with van der Waals surface area (Å²) in [6.07, 6.45) is 2.23. The van der Waals surface area contributed by atoms with Gasteiger partial charge in [0, 0.05) is 25.9 Å². The highest BCUT2D eigenvalue weighted by molar-refractivity contribution is 14.1. The zero-order valence-corrected chi connectivity index (χ0v) is 16.1. The Morgan fingerprint density at radius 3 is 2.60 bits per heavy atom. The van der Waals surface area contributed by atoms with Crippen molar-refractivity contribution in [2.45, 2.75) is 32.3 Å². The topological polar surface area (TPSA) is 42.9 Å². The molecule has 0 bridgehead atoms. The standard InChI is InChI=1S/C15H19I2NO2/c1-15(2,10-5-7-18-8-6-10)20-14(19)12-9-11(16)3-4-13(12)17/h3-4,9-10,18H,5-8H2,1-2H3/p+1. The first-order valence-corrected chi connectivity index (χ1v) is 9.06. The molecule has 0 saturated carbocycles. The number of benzene rings is 1. The largest absolute Gasteiger partial charge is 0.456 e. The third kappa shape index (κ3) is 4.07. The van der Waals surface area contributed by atoms with Crippen LogP contribution in [-0.4, -0.2) is 24.7 Å². The molecule has 2 rings (SSSR count). The number of ether oxygens (including phenoxy) is 1. The average Bonchev–Trinajstić information content (AvgIpc) is 2.42. The Bertz CT molecular complexity index is 497. The SMILES string of the molecule is CC(C)(OC(=O)c1cc(I)ccc1I)C1CC[NH2+]CC1. The van der Waals surface area contributed by atoms with Gasteiger partial charge in [0.1, 0.15) is 5.60 Å². The lowest BCUT2D eigenvalue weighted by Crippen LogP contribution is -2.86. The third-order valence-electron chi connectivity index (χ3n) is 3.93. The molecule has 20 heavy (non-hydrogen) atoms. The lowest BCUT2D eigenvalue weighted by molar-refractivity contribution is -0.665. The van der Waals surface area contributed by atoms with E-state index in [0.29, 0.717) is 11.5 Å². The Morgan fingerprint density at radius 1 is 1.30 bits per heavy atom. The first kappa shape index (κ1) is 16.5. The van der Waals surface area contributed by atoms with Gasteiger partial charge in [-0.15, -0.1) is 0 Å². The zero-order valence-electron chi connectivity index (χ0n) is 11.8. The molecular weight excluding hydrogens is 480 g/mol. The maximum absolute atomic E-state index is 12.4. The maximum atomic E-state index is 12.4. The molecule has 1 saturated heterocycles. The summed E-state index contributed by atoms with van der Waals surface area (Å²) in [5.74, 6) is 0.254. The quantitative estimate of drug-likeness (QED) is 0.513. The van der Waals surface area contributed by atoms with Crippen molar-refractivity contribution in [2.24, 2.45) is 5.92 Å². The second-order valence-corrected chi connectivity index (χ2v) is 8.17. The molecule has 0 unspecified atom stereocenters. The van der Waals surface area contributed by atoms with Crippen LogP contribution in [0.5, 0.6) is 0 Å². The lowest BCUT2D eigenvalue weighted by atomic mass is 9.83. The molecule has 1 fully saturated rings. The number of halogens is 2. The fraction of sp³-hybridized carbons (Fsp3) is 0.533. The summed E-state index contributed by atoms with van der Waals surface area (Å²) in [6.45, 7) is 6.35. The summed E-state index contributed by atoms with van der Waals surface area (Å²) in [7, 11) is 0. The Balaban J connectivity index is 2.11. The van der Waals surface area contributed by atoms with Gasteiger partial charge in [-0.1, -0.05) is 0 Å². The molecule has 2 N–H and O–H groups in total. The monoisotopic (exact) mass is 500 g/mol. The molecule has 0 aromatic heterocycles. The van der Waals surface area contributed by atoms with Gasteiger partial charge in [-0.3, -0.25) is 0 Å². The van der Waals surface area contributed by atoms with E-state index in [1.54, 1.807) is 0 Å². The molecule has 0 amide bonds. The summed E-state index contributed by atoms with van der Waals surface area (Å²) in [4.78, 5) is 12.4. The van der Waals surface area contributed by atoms with Crippen LogP contribution in [0.15, 0.2) is 18.2 Å². The van der Waals surface area contributed by atoms with Crippen LogP contribution in [0.25, 0.3) is 0 Å². The number of hydrogen-bond acceptors (Lipinski definition) is 2. The normalized spacial score (nSPS) is 17.0. The minimum Gasteiger partial charge on any atom is -0.456 e. The van der Waals surface area contributed by atoms with Gasteiger partial charge >= 0.3 is 5.97 Å². The van der Waals surface area contributed by atoms with E-state index >= 15 is 0 Å². The van der Waals surface area contributed by atoms with Crippen molar-refractivity contribution >= 4 is 51.2 Å². The van der Waals surface area contributed by atoms with E-state index in [4.69, 9.17) is 4.74 Å². The predicted molar refractivity (Wildman–Crippen MR) is 95.8 cm³/mol. The molecule has 0 atom stereocenters. The number of rotatable bonds is 3. The highest BCUT2D eigenvalue weighted by Crippen LogP contribution is 2.29. The minimum atomic E-state index is -0.393. The second kappa shape index (κ2) is 6.91. The number of hydrogen-bond donors (Lipinski definition) is 1. The Labute approximate surface area is 147 Å². The van der Waals surface area contributed by atoms with Crippen LogP contribution in [0.2, 0.25) is 0 Å². The van der Waals surface area contributed by atoms with Crippen LogP contribution < -0.4 is 5.32 Å². The molecule has 0 aliphatic carbocycles. The number of esters is 1. The fourth-order valence-corrected chi connectivity index (χ4v) is 3.70. The molecule has 0 spiro atoms. The Hall–Kier alpha value is 0.110. The summed E-state index contributed by atoms with van der Waals surface area (Å²) in [5.41, 5.74) is 0.281. The molecule has 0 radical (unpaired) electrons. The molecule has 5 heteroatoms. The minimum absolute atomic E-state index is 0.201. The Kier molecular flexibility index (Phi) is 5.70. The van der Waals surface area contributed by atoms with Crippen LogP contribution in [0.3, 0.4) is 0 Å². The number of nitrogens with two attached hydrogens (primary N) is 1. The van der Waals surface area contributed by atoms with Crippen LogP contribution in [-0.2, 0) is 4.74 Å². The summed E-state index contributed by atoms with van der Waals surface area (Å²) < 4.78 is 7.84. The van der Waals surface area contributed by atoms with Crippen molar-refractivity contribution < 1.29 is 14.8 Å². The Morgan fingerprint density at radius 2 is 1.95 bits per heavy atom.